The normalized spacial score (nSPS) is 10.7. The third-order valence-corrected chi connectivity index (χ3v) is 3.43. The van der Waals surface area contributed by atoms with E-state index in [1.165, 1.54) is 16.7 Å². The highest BCUT2D eigenvalue weighted by atomic mass is 16.1. The molecule has 2 rings (SSSR count). The lowest BCUT2D eigenvalue weighted by atomic mass is 10.1. The van der Waals surface area contributed by atoms with Crippen molar-refractivity contribution in [3.63, 3.8) is 0 Å². The van der Waals surface area contributed by atoms with Gasteiger partial charge in [0.1, 0.15) is 0 Å². The summed E-state index contributed by atoms with van der Waals surface area (Å²) in [7, 11) is 3.75. The quantitative estimate of drug-likeness (QED) is 0.914. The lowest BCUT2D eigenvalue weighted by molar-refractivity contribution is 0.0963. The monoisotopic (exact) mass is 282 g/mol. The Labute approximate surface area is 126 Å². The van der Waals surface area contributed by atoms with Gasteiger partial charge in [0.2, 0.25) is 0 Å². The van der Waals surface area contributed by atoms with Gasteiger partial charge >= 0.3 is 0 Å². The molecule has 3 nitrogen and oxygen atoms in total. The lowest BCUT2D eigenvalue weighted by Crippen LogP contribution is -2.19. The zero-order chi connectivity index (χ0) is 15.2. The Morgan fingerprint density at radius 2 is 1.71 bits per heavy atom. The molecule has 0 radical (unpaired) electrons. The van der Waals surface area contributed by atoms with Crippen LogP contribution in [0.3, 0.4) is 0 Å². The average Bonchev–Trinajstić information content (AvgIpc) is 2.47. The Balaban J connectivity index is 1.96. The largest absolute Gasteiger partial charge is 0.355 e. The van der Waals surface area contributed by atoms with Crippen molar-refractivity contribution in [1.82, 2.24) is 10.2 Å². The van der Waals surface area contributed by atoms with Gasteiger partial charge in [0.15, 0.2) is 0 Å². The Morgan fingerprint density at radius 1 is 1.05 bits per heavy atom. The molecule has 1 amide bonds. The Bertz CT molecular complexity index is 605. The number of benzene rings is 2. The molecule has 2 aromatic rings. The van der Waals surface area contributed by atoms with Gasteiger partial charge in [-0.25, -0.2) is 0 Å². The van der Waals surface area contributed by atoms with Crippen LogP contribution in [0.1, 0.15) is 27.0 Å². The van der Waals surface area contributed by atoms with Crippen molar-refractivity contribution in [3.8, 4) is 0 Å². The van der Waals surface area contributed by atoms with E-state index in [-0.39, 0.29) is 5.91 Å². The third kappa shape index (κ3) is 4.43. The summed E-state index contributed by atoms with van der Waals surface area (Å²) in [5.41, 5.74) is 4.51. The first-order valence-electron chi connectivity index (χ1n) is 7.13. The maximum Gasteiger partial charge on any atom is 0.251 e. The predicted molar refractivity (Wildman–Crippen MR) is 86.2 cm³/mol. The zero-order valence-corrected chi connectivity index (χ0v) is 12.9. The van der Waals surface area contributed by atoms with Crippen LogP contribution in [-0.4, -0.2) is 24.9 Å². The number of nitrogens with one attached hydrogen (secondary N) is 1. The summed E-state index contributed by atoms with van der Waals surface area (Å²) in [4.78, 5) is 13.8. The summed E-state index contributed by atoms with van der Waals surface area (Å²) in [6, 6.07) is 16.3. The SMILES string of the molecule is CNC(=O)c1ccc(CN(C)Cc2cccc(C)c2)cc1. The van der Waals surface area contributed by atoms with E-state index in [4.69, 9.17) is 0 Å². The molecule has 0 atom stereocenters. The zero-order valence-electron chi connectivity index (χ0n) is 12.9. The second-order valence-electron chi connectivity index (χ2n) is 5.44. The minimum Gasteiger partial charge on any atom is -0.355 e. The molecule has 0 aliphatic carbocycles. The second kappa shape index (κ2) is 7.04. The van der Waals surface area contributed by atoms with Crippen LogP contribution < -0.4 is 5.32 Å². The number of rotatable bonds is 5. The number of nitrogens with zero attached hydrogens (tertiary/aromatic N) is 1. The van der Waals surface area contributed by atoms with Crippen LogP contribution in [0.2, 0.25) is 0 Å². The number of amides is 1. The number of hydrogen-bond donors (Lipinski definition) is 1. The maximum absolute atomic E-state index is 11.5. The summed E-state index contributed by atoms with van der Waals surface area (Å²) < 4.78 is 0. The molecule has 110 valence electrons. The van der Waals surface area contributed by atoms with Crippen molar-refractivity contribution >= 4 is 5.91 Å². The van der Waals surface area contributed by atoms with Crippen molar-refractivity contribution in [3.05, 3.63) is 70.8 Å². The summed E-state index contributed by atoms with van der Waals surface area (Å²) in [6.45, 7) is 3.89. The third-order valence-electron chi connectivity index (χ3n) is 3.43. The van der Waals surface area contributed by atoms with E-state index in [9.17, 15) is 4.79 Å². The molecule has 2 aromatic carbocycles. The molecule has 0 saturated carbocycles. The molecule has 0 fully saturated rings. The average molecular weight is 282 g/mol. The van der Waals surface area contributed by atoms with Gasteiger partial charge in [0.05, 0.1) is 0 Å². The van der Waals surface area contributed by atoms with Gasteiger partial charge in [-0.15, -0.1) is 0 Å². The van der Waals surface area contributed by atoms with E-state index in [1.807, 2.05) is 24.3 Å². The molecule has 1 N–H and O–H groups in total. The Hall–Kier alpha value is -2.13. The van der Waals surface area contributed by atoms with Crippen molar-refractivity contribution in [2.75, 3.05) is 14.1 Å². The van der Waals surface area contributed by atoms with Gasteiger partial charge in [0.25, 0.3) is 5.91 Å². The second-order valence-corrected chi connectivity index (χ2v) is 5.44. The van der Waals surface area contributed by atoms with Crippen LogP contribution in [0.25, 0.3) is 0 Å². The number of carbonyl (C=O) groups is 1. The molecular weight excluding hydrogens is 260 g/mol. The van der Waals surface area contributed by atoms with E-state index < -0.39 is 0 Å². The highest BCUT2D eigenvalue weighted by Gasteiger charge is 2.05. The van der Waals surface area contributed by atoms with Gasteiger partial charge in [0, 0.05) is 25.7 Å². The van der Waals surface area contributed by atoms with Crippen molar-refractivity contribution in [2.45, 2.75) is 20.0 Å². The van der Waals surface area contributed by atoms with Crippen LogP contribution in [0.4, 0.5) is 0 Å². The first-order chi connectivity index (χ1) is 10.1. The van der Waals surface area contributed by atoms with Crippen molar-refractivity contribution in [1.29, 1.82) is 0 Å². The predicted octanol–water partition coefficient (Wildman–Crippen LogP) is 2.99. The van der Waals surface area contributed by atoms with Crippen molar-refractivity contribution in [2.24, 2.45) is 0 Å². The molecule has 0 unspecified atom stereocenters. The number of carbonyl (C=O) groups excluding carboxylic acids is 1. The number of hydrogen-bond acceptors (Lipinski definition) is 2. The molecule has 21 heavy (non-hydrogen) atoms. The minimum atomic E-state index is -0.0466. The fourth-order valence-corrected chi connectivity index (χ4v) is 2.40. The van der Waals surface area contributed by atoms with Crippen molar-refractivity contribution < 1.29 is 4.79 Å². The standard InChI is InChI=1S/C18H22N2O/c1-14-5-4-6-16(11-14)13-20(3)12-15-7-9-17(10-8-15)18(21)19-2/h4-11H,12-13H2,1-3H3,(H,19,21). The van der Waals surface area contributed by atoms with Crippen LogP contribution in [-0.2, 0) is 13.1 Å². The van der Waals surface area contributed by atoms with Gasteiger partial charge in [-0.2, -0.15) is 0 Å². The van der Waals surface area contributed by atoms with Crippen LogP contribution in [0, 0.1) is 6.92 Å². The molecule has 0 aliphatic heterocycles. The van der Waals surface area contributed by atoms with Gasteiger partial charge in [-0.3, -0.25) is 9.69 Å². The minimum absolute atomic E-state index is 0.0466. The van der Waals surface area contributed by atoms with E-state index in [0.29, 0.717) is 5.56 Å². The molecule has 3 heteroatoms. The number of aryl methyl sites for hydroxylation is 1. The first kappa shape index (κ1) is 15.3. The lowest BCUT2D eigenvalue weighted by Gasteiger charge is -2.17. The van der Waals surface area contributed by atoms with E-state index >= 15 is 0 Å². The fraction of sp³-hybridized carbons (Fsp3) is 0.278. The first-order valence-corrected chi connectivity index (χ1v) is 7.13. The van der Waals surface area contributed by atoms with Gasteiger partial charge in [-0.05, 0) is 37.2 Å². The maximum atomic E-state index is 11.5. The van der Waals surface area contributed by atoms with E-state index in [2.05, 4.69) is 48.5 Å². The highest BCUT2D eigenvalue weighted by Crippen LogP contribution is 2.11. The van der Waals surface area contributed by atoms with Crippen LogP contribution in [0.15, 0.2) is 48.5 Å². The van der Waals surface area contributed by atoms with Gasteiger partial charge < -0.3 is 5.32 Å². The molecule has 0 aromatic heterocycles. The summed E-state index contributed by atoms with van der Waals surface area (Å²) in [6.07, 6.45) is 0. The summed E-state index contributed by atoms with van der Waals surface area (Å²) in [5, 5.41) is 2.63. The molecule has 0 bridgehead atoms. The molecule has 0 aliphatic rings. The topological polar surface area (TPSA) is 32.3 Å². The molecular formula is C18H22N2O. The van der Waals surface area contributed by atoms with Crippen LogP contribution >= 0.6 is 0 Å². The highest BCUT2D eigenvalue weighted by molar-refractivity contribution is 5.93. The smallest absolute Gasteiger partial charge is 0.251 e. The Kier molecular flexibility index (Phi) is 5.12. The Morgan fingerprint density at radius 3 is 2.33 bits per heavy atom. The summed E-state index contributed by atoms with van der Waals surface area (Å²) >= 11 is 0. The fourth-order valence-electron chi connectivity index (χ4n) is 2.40. The molecule has 0 saturated heterocycles. The van der Waals surface area contributed by atoms with E-state index in [0.717, 1.165) is 13.1 Å². The van der Waals surface area contributed by atoms with Crippen LogP contribution in [0.5, 0.6) is 0 Å². The summed E-state index contributed by atoms with van der Waals surface area (Å²) in [5.74, 6) is -0.0466. The molecule has 0 heterocycles. The molecule has 0 spiro atoms. The van der Waals surface area contributed by atoms with E-state index in [1.54, 1.807) is 7.05 Å². The van der Waals surface area contributed by atoms with Gasteiger partial charge in [-0.1, -0.05) is 42.0 Å².